The lowest BCUT2D eigenvalue weighted by molar-refractivity contribution is -0.139. The summed E-state index contributed by atoms with van der Waals surface area (Å²) in [4.78, 5) is 49.5. The van der Waals surface area contributed by atoms with Gasteiger partial charge in [-0.3, -0.25) is 14.4 Å². The third-order valence-electron chi connectivity index (χ3n) is 4.36. The van der Waals surface area contributed by atoms with Crippen molar-refractivity contribution >= 4 is 35.1 Å². The van der Waals surface area contributed by atoms with Crippen LogP contribution in [0.15, 0.2) is 18.2 Å². The molecule has 2 N–H and O–H groups in total. The van der Waals surface area contributed by atoms with Crippen LogP contribution in [0.4, 0.5) is 11.4 Å². The van der Waals surface area contributed by atoms with E-state index in [2.05, 4.69) is 10.6 Å². The van der Waals surface area contributed by atoms with Gasteiger partial charge in [-0.25, -0.2) is 4.79 Å². The Morgan fingerprint density at radius 1 is 0.893 bits per heavy atom. The molecule has 0 bridgehead atoms. The highest BCUT2D eigenvalue weighted by Crippen LogP contribution is 2.21. The highest BCUT2D eigenvalue weighted by Gasteiger charge is 2.25. The van der Waals surface area contributed by atoms with Gasteiger partial charge in [0.1, 0.15) is 0 Å². The number of anilines is 2. The largest absolute Gasteiger partial charge is 0.449 e. The van der Waals surface area contributed by atoms with Crippen molar-refractivity contribution in [1.82, 2.24) is 4.90 Å². The maximum atomic E-state index is 12.6. The van der Waals surface area contributed by atoms with Crippen LogP contribution in [-0.4, -0.2) is 47.8 Å². The SMILES string of the molecule is CC(=O)Nc1cc(NC(C)=O)cc(C(=O)O[C@@H](C)C(=O)N2CCCCCC2)c1. The van der Waals surface area contributed by atoms with E-state index in [9.17, 15) is 19.2 Å². The normalized spacial score (nSPS) is 15.2. The molecule has 28 heavy (non-hydrogen) atoms. The second-order valence-corrected chi connectivity index (χ2v) is 6.95. The third kappa shape index (κ3) is 6.37. The third-order valence-corrected chi connectivity index (χ3v) is 4.36. The summed E-state index contributed by atoms with van der Waals surface area (Å²) < 4.78 is 5.36. The molecular weight excluding hydrogens is 362 g/mol. The molecule has 152 valence electrons. The Balaban J connectivity index is 2.13. The van der Waals surface area contributed by atoms with Crippen LogP contribution in [0.2, 0.25) is 0 Å². The van der Waals surface area contributed by atoms with Crippen LogP contribution in [0.25, 0.3) is 0 Å². The molecule has 1 aromatic carbocycles. The zero-order valence-electron chi connectivity index (χ0n) is 16.5. The molecule has 0 aliphatic carbocycles. The lowest BCUT2D eigenvalue weighted by Crippen LogP contribution is -2.40. The number of rotatable bonds is 5. The first kappa shape index (κ1) is 21.4. The standard InChI is InChI=1S/C20H27N3O5/c1-13(19(26)23-8-6-4-5-7-9-23)28-20(27)16-10-17(21-14(2)24)12-18(11-16)22-15(3)25/h10-13H,4-9H2,1-3H3,(H,21,24)(H,22,25)/t13-/m0/s1. The Morgan fingerprint density at radius 2 is 1.39 bits per heavy atom. The van der Waals surface area contributed by atoms with Gasteiger partial charge in [0.25, 0.3) is 5.91 Å². The molecule has 1 aromatic rings. The molecule has 1 fully saturated rings. The maximum absolute atomic E-state index is 12.6. The van der Waals surface area contributed by atoms with Crippen molar-refractivity contribution in [3.63, 3.8) is 0 Å². The molecule has 1 heterocycles. The van der Waals surface area contributed by atoms with Crippen LogP contribution in [0, 0.1) is 0 Å². The molecule has 1 saturated heterocycles. The van der Waals surface area contributed by atoms with Crippen molar-refractivity contribution in [1.29, 1.82) is 0 Å². The van der Waals surface area contributed by atoms with Crippen molar-refractivity contribution in [2.75, 3.05) is 23.7 Å². The molecule has 3 amide bonds. The van der Waals surface area contributed by atoms with Crippen LogP contribution in [0.5, 0.6) is 0 Å². The summed E-state index contributed by atoms with van der Waals surface area (Å²) in [5, 5.41) is 5.15. The van der Waals surface area contributed by atoms with E-state index in [0.717, 1.165) is 25.7 Å². The zero-order chi connectivity index (χ0) is 20.7. The number of benzene rings is 1. The van der Waals surface area contributed by atoms with Gasteiger partial charge in [0.15, 0.2) is 6.10 Å². The Morgan fingerprint density at radius 3 is 1.86 bits per heavy atom. The van der Waals surface area contributed by atoms with Gasteiger partial charge in [-0.1, -0.05) is 12.8 Å². The quantitative estimate of drug-likeness (QED) is 0.753. The van der Waals surface area contributed by atoms with Gasteiger partial charge in [-0.15, -0.1) is 0 Å². The van der Waals surface area contributed by atoms with Crippen molar-refractivity contribution < 1.29 is 23.9 Å². The first-order valence-electron chi connectivity index (χ1n) is 9.46. The van der Waals surface area contributed by atoms with E-state index in [0.29, 0.717) is 24.5 Å². The van der Waals surface area contributed by atoms with Crippen LogP contribution in [0.1, 0.15) is 56.8 Å². The Bertz CT molecular complexity index is 720. The molecule has 0 saturated carbocycles. The molecule has 8 nitrogen and oxygen atoms in total. The number of esters is 1. The first-order valence-corrected chi connectivity index (χ1v) is 9.46. The second kappa shape index (κ2) is 9.87. The van der Waals surface area contributed by atoms with Crippen molar-refractivity contribution in [2.24, 2.45) is 0 Å². The molecule has 0 aromatic heterocycles. The number of hydrogen-bond acceptors (Lipinski definition) is 5. The van der Waals surface area contributed by atoms with Crippen LogP contribution in [-0.2, 0) is 19.1 Å². The lowest BCUT2D eigenvalue weighted by Gasteiger charge is -2.24. The van der Waals surface area contributed by atoms with E-state index in [4.69, 9.17) is 4.74 Å². The first-order chi connectivity index (χ1) is 13.3. The second-order valence-electron chi connectivity index (χ2n) is 6.95. The molecule has 0 unspecified atom stereocenters. The van der Waals surface area contributed by atoms with E-state index in [-0.39, 0.29) is 23.3 Å². The monoisotopic (exact) mass is 389 g/mol. The van der Waals surface area contributed by atoms with Crippen LogP contribution < -0.4 is 10.6 Å². The summed E-state index contributed by atoms with van der Waals surface area (Å²) in [6, 6.07) is 4.42. The van der Waals surface area contributed by atoms with Gasteiger partial charge in [0.05, 0.1) is 5.56 Å². The van der Waals surface area contributed by atoms with Gasteiger partial charge in [-0.2, -0.15) is 0 Å². The smallest absolute Gasteiger partial charge is 0.339 e. The molecule has 1 atom stereocenters. The molecular formula is C20H27N3O5. The fourth-order valence-electron chi connectivity index (χ4n) is 3.12. The average molecular weight is 389 g/mol. The summed E-state index contributed by atoms with van der Waals surface area (Å²) in [6.07, 6.45) is 3.18. The molecule has 1 aliphatic heterocycles. The van der Waals surface area contributed by atoms with Crippen LogP contribution >= 0.6 is 0 Å². The minimum Gasteiger partial charge on any atom is -0.449 e. The number of nitrogens with zero attached hydrogens (tertiary/aromatic N) is 1. The van der Waals surface area contributed by atoms with Crippen molar-refractivity contribution in [2.45, 2.75) is 52.6 Å². The molecule has 1 aliphatic rings. The fraction of sp³-hybridized carbons (Fsp3) is 0.500. The maximum Gasteiger partial charge on any atom is 0.339 e. The highest BCUT2D eigenvalue weighted by atomic mass is 16.5. The summed E-state index contributed by atoms with van der Waals surface area (Å²) in [5.41, 5.74) is 0.819. The van der Waals surface area contributed by atoms with Crippen LogP contribution in [0.3, 0.4) is 0 Å². The van der Waals surface area contributed by atoms with E-state index in [1.807, 2.05) is 0 Å². The van der Waals surface area contributed by atoms with Gasteiger partial charge in [-0.05, 0) is 38.0 Å². The van der Waals surface area contributed by atoms with Gasteiger partial charge in [0.2, 0.25) is 11.8 Å². The topological polar surface area (TPSA) is 105 Å². The number of nitrogens with one attached hydrogen (secondary N) is 2. The highest BCUT2D eigenvalue weighted by molar-refractivity contribution is 5.98. The molecule has 0 radical (unpaired) electrons. The predicted molar refractivity (Wildman–Crippen MR) is 105 cm³/mol. The number of carbonyl (C=O) groups is 4. The number of likely N-dealkylation sites (tertiary alicyclic amines) is 1. The molecule has 0 spiro atoms. The van der Waals surface area contributed by atoms with E-state index >= 15 is 0 Å². The fourth-order valence-corrected chi connectivity index (χ4v) is 3.12. The predicted octanol–water partition coefficient (Wildman–Crippen LogP) is 2.55. The molecule has 8 heteroatoms. The van der Waals surface area contributed by atoms with Gasteiger partial charge in [0, 0.05) is 38.3 Å². The number of carbonyl (C=O) groups excluding carboxylic acids is 4. The zero-order valence-corrected chi connectivity index (χ0v) is 16.5. The summed E-state index contributed by atoms with van der Waals surface area (Å²) in [7, 11) is 0. The lowest BCUT2D eigenvalue weighted by atomic mass is 10.1. The van der Waals surface area contributed by atoms with E-state index in [1.54, 1.807) is 11.8 Å². The van der Waals surface area contributed by atoms with Crippen molar-refractivity contribution in [3.05, 3.63) is 23.8 Å². The van der Waals surface area contributed by atoms with E-state index < -0.39 is 12.1 Å². The number of ether oxygens (including phenoxy) is 1. The summed E-state index contributed by atoms with van der Waals surface area (Å²) in [6.45, 7) is 5.57. The Hall–Kier alpha value is -2.90. The summed E-state index contributed by atoms with van der Waals surface area (Å²) in [5.74, 6) is -1.54. The van der Waals surface area contributed by atoms with Gasteiger partial charge >= 0.3 is 5.97 Å². The Kier molecular flexibility index (Phi) is 7.54. The minimum absolute atomic E-state index is 0.130. The minimum atomic E-state index is -0.917. The average Bonchev–Trinajstić information content (AvgIpc) is 2.88. The number of hydrogen-bond donors (Lipinski definition) is 2. The number of amides is 3. The van der Waals surface area contributed by atoms with Gasteiger partial charge < -0.3 is 20.3 Å². The Labute approximate surface area is 164 Å². The van der Waals surface area contributed by atoms with Crippen molar-refractivity contribution in [3.8, 4) is 0 Å². The molecule has 2 rings (SSSR count). The summed E-state index contributed by atoms with van der Waals surface area (Å²) >= 11 is 0. The van der Waals surface area contributed by atoms with E-state index in [1.165, 1.54) is 32.0 Å².